The van der Waals surface area contributed by atoms with Gasteiger partial charge in [-0.15, -0.1) is 0 Å². The maximum atomic E-state index is 12.4. The number of ketones is 1. The quantitative estimate of drug-likeness (QED) is 0.409. The van der Waals surface area contributed by atoms with Crippen molar-refractivity contribution in [3.63, 3.8) is 0 Å². The Bertz CT molecular complexity index is 963. The zero-order valence-electron chi connectivity index (χ0n) is 13.0. The molecular formula is C20H16O3. The number of hydrogen-bond donors (Lipinski definition) is 0. The Hall–Kier alpha value is -2.94. The molecule has 1 heterocycles. The summed E-state index contributed by atoms with van der Waals surface area (Å²) in [7, 11) is 0. The summed E-state index contributed by atoms with van der Waals surface area (Å²) in [6, 6.07) is 16.4. The molecule has 0 N–H and O–H groups in total. The summed E-state index contributed by atoms with van der Waals surface area (Å²) < 4.78 is 5.35. The minimum absolute atomic E-state index is 0.103. The Morgan fingerprint density at radius 2 is 1.78 bits per heavy atom. The first-order chi connectivity index (χ1) is 11.0. The molecule has 3 heteroatoms. The van der Waals surface area contributed by atoms with E-state index in [-0.39, 0.29) is 5.78 Å². The van der Waals surface area contributed by atoms with Crippen LogP contribution in [0.15, 0.2) is 69.4 Å². The van der Waals surface area contributed by atoms with Gasteiger partial charge in [-0.05, 0) is 43.2 Å². The van der Waals surface area contributed by atoms with Gasteiger partial charge in [-0.2, -0.15) is 0 Å². The molecule has 0 aliphatic heterocycles. The van der Waals surface area contributed by atoms with E-state index in [0.29, 0.717) is 22.3 Å². The average molecular weight is 304 g/mol. The third kappa shape index (κ3) is 3.14. The van der Waals surface area contributed by atoms with Crippen molar-refractivity contribution in [2.24, 2.45) is 0 Å². The Kier molecular flexibility index (Phi) is 3.94. The molecule has 0 radical (unpaired) electrons. The van der Waals surface area contributed by atoms with Gasteiger partial charge in [0.25, 0.3) is 0 Å². The van der Waals surface area contributed by atoms with E-state index < -0.39 is 5.63 Å². The minimum atomic E-state index is -0.441. The molecule has 2 aromatic carbocycles. The molecule has 0 unspecified atom stereocenters. The molecule has 3 aromatic rings. The van der Waals surface area contributed by atoms with E-state index >= 15 is 0 Å². The predicted octanol–water partition coefficient (Wildman–Crippen LogP) is 4.39. The molecule has 0 amide bonds. The Morgan fingerprint density at radius 3 is 2.52 bits per heavy atom. The molecule has 1 aromatic heterocycles. The van der Waals surface area contributed by atoms with E-state index in [0.717, 1.165) is 10.9 Å². The van der Waals surface area contributed by atoms with Gasteiger partial charge in [-0.1, -0.05) is 42.5 Å². The first-order valence-electron chi connectivity index (χ1n) is 7.37. The van der Waals surface area contributed by atoms with Crippen molar-refractivity contribution in [2.75, 3.05) is 0 Å². The maximum Gasteiger partial charge on any atom is 0.343 e. The van der Waals surface area contributed by atoms with E-state index in [4.69, 9.17) is 4.42 Å². The smallest absolute Gasteiger partial charge is 0.343 e. The van der Waals surface area contributed by atoms with Gasteiger partial charge in [-0.3, -0.25) is 4.79 Å². The summed E-state index contributed by atoms with van der Waals surface area (Å²) in [5.41, 5.74) is 2.61. The van der Waals surface area contributed by atoms with Crippen LogP contribution in [-0.2, 0) is 0 Å². The predicted molar refractivity (Wildman–Crippen MR) is 91.6 cm³/mol. The normalized spacial score (nSPS) is 11.7. The Labute approximate surface area is 133 Å². The number of rotatable bonds is 3. The number of benzene rings is 2. The molecule has 3 rings (SSSR count). The fourth-order valence-electron chi connectivity index (χ4n) is 2.45. The van der Waals surface area contributed by atoms with Gasteiger partial charge in [-0.25, -0.2) is 4.79 Å². The molecule has 0 aliphatic rings. The van der Waals surface area contributed by atoms with Crippen molar-refractivity contribution >= 4 is 22.8 Å². The standard InChI is InChI=1S/C20H16O3/c1-13-8-9-16-12-17(20(22)23-18(16)10-13)11-14(2)19(21)15-6-4-3-5-7-15/h3-12H,1-2H3/b14-11+. The Morgan fingerprint density at radius 1 is 1.04 bits per heavy atom. The summed E-state index contributed by atoms with van der Waals surface area (Å²) >= 11 is 0. The second-order valence-corrected chi connectivity index (χ2v) is 5.55. The highest BCUT2D eigenvalue weighted by atomic mass is 16.4. The lowest BCUT2D eigenvalue weighted by atomic mass is 10.0. The lowest BCUT2D eigenvalue weighted by molar-refractivity contribution is 0.103. The number of aryl methyl sites for hydroxylation is 1. The molecular weight excluding hydrogens is 288 g/mol. The van der Waals surface area contributed by atoms with Crippen LogP contribution in [0, 0.1) is 6.92 Å². The third-order valence-electron chi connectivity index (χ3n) is 3.68. The number of fused-ring (bicyclic) bond motifs is 1. The van der Waals surface area contributed by atoms with Gasteiger partial charge in [0, 0.05) is 10.9 Å². The number of carbonyl (C=O) groups is 1. The van der Waals surface area contributed by atoms with Crippen LogP contribution in [-0.4, -0.2) is 5.78 Å². The van der Waals surface area contributed by atoms with E-state index in [9.17, 15) is 9.59 Å². The van der Waals surface area contributed by atoms with Crippen molar-refractivity contribution < 1.29 is 9.21 Å². The van der Waals surface area contributed by atoms with Gasteiger partial charge in [0.1, 0.15) is 5.58 Å². The second kappa shape index (κ2) is 6.05. The number of hydrogen-bond acceptors (Lipinski definition) is 3. The van der Waals surface area contributed by atoms with E-state index in [1.807, 2.05) is 43.3 Å². The lowest BCUT2D eigenvalue weighted by Crippen LogP contribution is -2.05. The zero-order valence-corrected chi connectivity index (χ0v) is 13.0. The molecule has 3 nitrogen and oxygen atoms in total. The van der Waals surface area contributed by atoms with Crippen LogP contribution < -0.4 is 5.63 Å². The van der Waals surface area contributed by atoms with Crippen molar-refractivity contribution in [3.8, 4) is 0 Å². The highest BCUT2D eigenvalue weighted by Crippen LogP contribution is 2.17. The fraction of sp³-hybridized carbons (Fsp3) is 0.100. The number of carbonyl (C=O) groups excluding carboxylic acids is 1. The van der Waals surface area contributed by atoms with Gasteiger partial charge >= 0.3 is 5.63 Å². The molecule has 0 saturated heterocycles. The lowest BCUT2D eigenvalue weighted by Gasteiger charge is -2.03. The molecule has 0 saturated carbocycles. The summed E-state index contributed by atoms with van der Waals surface area (Å²) in [5.74, 6) is -0.103. The number of Topliss-reactive ketones (excluding diaryl/α,β-unsaturated/α-hetero) is 1. The molecule has 23 heavy (non-hydrogen) atoms. The maximum absolute atomic E-state index is 12.4. The molecule has 0 atom stereocenters. The SMILES string of the molecule is C/C(=C\c1cc2ccc(C)cc2oc1=O)C(=O)c1ccccc1. The van der Waals surface area contributed by atoms with Crippen molar-refractivity contribution in [3.05, 3.63) is 87.3 Å². The van der Waals surface area contributed by atoms with Gasteiger partial charge in [0.15, 0.2) is 5.78 Å². The monoisotopic (exact) mass is 304 g/mol. The van der Waals surface area contributed by atoms with Crippen molar-refractivity contribution in [1.29, 1.82) is 0 Å². The first-order valence-corrected chi connectivity index (χ1v) is 7.37. The van der Waals surface area contributed by atoms with Crippen LogP contribution in [0.3, 0.4) is 0 Å². The van der Waals surface area contributed by atoms with Crippen molar-refractivity contribution in [2.45, 2.75) is 13.8 Å². The topological polar surface area (TPSA) is 47.3 Å². The molecule has 114 valence electrons. The summed E-state index contributed by atoms with van der Waals surface area (Å²) in [6.45, 7) is 3.64. The minimum Gasteiger partial charge on any atom is -0.422 e. The van der Waals surface area contributed by atoms with E-state index in [1.54, 1.807) is 31.2 Å². The summed E-state index contributed by atoms with van der Waals surface area (Å²) in [4.78, 5) is 24.5. The van der Waals surface area contributed by atoms with Crippen molar-refractivity contribution in [1.82, 2.24) is 0 Å². The third-order valence-corrected chi connectivity index (χ3v) is 3.68. The molecule has 0 spiro atoms. The van der Waals surface area contributed by atoms with Crippen LogP contribution in [0.2, 0.25) is 0 Å². The van der Waals surface area contributed by atoms with Gasteiger partial charge in [0.2, 0.25) is 0 Å². The van der Waals surface area contributed by atoms with E-state index in [2.05, 4.69) is 0 Å². The second-order valence-electron chi connectivity index (χ2n) is 5.55. The highest BCUT2D eigenvalue weighted by molar-refractivity contribution is 6.10. The fourth-order valence-corrected chi connectivity index (χ4v) is 2.45. The first kappa shape index (κ1) is 15.0. The summed E-state index contributed by atoms with van der Waals surface area (Å²) in [6.07, 6.45) is 1.58. The van der Waals surface area contributed by atoms with Gasteiger partial charge in [0.05, 0.1) is 5.56 Å². The summed E-state index contributed by atoms with van der Waals surface area (Å²) in [5, 5.41) is 0.835. The molecule has 0 aliphatic carbocycles. The van der Waals surface area contributed by atoms with Crippen LogP contribution in [0.5, 0.6) is 0 Å². The van der Waals surface area contributed by atoms with Crippen LogP contribution in [0.25, 0.3) is 17.0 Å². The van der Waals surface area contributed by atoms with Gasteiger partial charge < -0.3 is 4.42 Å². The zero-order chi connectivity index (χ0) is 16.4. The van der Waals surface area contributed by atoms with Crippen LogP contribution >= 0.6 is 0 Å². The largest absolute Gasteiger partial charge is 0.422 e. The van der Waals surface area contributed by atoms with E-state index in [1.165, 1.54) is 0 Å². The highest BCUT2D eigenvalue weighted by Gasteiger charge is 2.10. The average Bonchev–Trinajstić information content (AvgIpc) is 2.55. The Balaban J connectivity index is 2.03. The van der Waals surface area contributed by atoms with Crippen LogP contribution in [0.4, 0.5) is 0 Å². The molecule has 0 bridgehead atoms. The molecule has 0 fully saturated rings. The number of allylic oxidation sites excluding steroid dienone is 1. The van der Waals surface area contributed by atoms with Crippen LogP contribution in [0.1, 0.15) is 28.4 Å².